The van der Waals surface area contributed by atoms with E-state index in [1.165, 1.54) is 11.8 Å². The van der Waals surface area contributed by atoms with Crippen molar-refractivity contribution in [2.24, 2.45) is 4.99 Å². The number of carbonyl (C=O) groups is 1. The minimum atomic E-state index is -0.0339. The molecule has 0 radical (unpaired) electrons. The molecule has 2 aromatic rings. The third-order valence-corrected chi connectivity index (χ3v) is 5.10. The number of likely N-dealkylation sites (N-methyl/N-ethyl adjacent to an activating group) is 1. The lowest BCUT2D eigenvalue weighted by atomic mass is 10.2. The molecule has 0 saturated carbocycles. The fourth-order valence-electron chi connectivity index (χ4n) is 2.68. The molecule has 1 aliphatic heterocycles. The van der Waals surface area contributed by atoms with Crippen molar-refractivity contribution >= 4 is 34.6 Å². The average molecular weight is 378 g/mol. The summed E-state index contributed by atoms with van der Waals surface area (Å²) in [5.41, 5.74) is 2.82. The summed E-state index contributed by atoms with van der Waals surface area (Å²) in [4.78, 5) is 19.9. The van der Waals surface area contributed by atoms with E-state index in [-0.39, 0.29) is 5.91 Å². The summed E-state index contributed by atoms with van der Waals surface area (Å²) in [7, 11) is 0. The first-order valence-electron chi connectivity index (χ1n) is 8.82. The van der Waals surface area contributed by atoms with E-state index < -0.39 is 0 Å². The van der Waals surface area contributed by atoms with Gasteiger partial charge in [0.2, 0.25) is 0 Å². The van der Waals surface area contributed by atoms with Crippen molar-refractivity contribution in [1.29, 1.82) is 0 Å². The Morgan fingerprint density at radius 2 is 1.93 bits per heavy atom. The zero-order valence-electron chi connectivity index (χ0n) is 15.5. The van der Waals surface area contributed by atoms with Gasteiger partial charge in [0.05, 0.1) is 10.6 Å². The Bertz CT molecular complexity index is 918. The Morgan fingerprint density at radius 1 is 1.19 bits per heavy atom. The van der Waals surface area contributed by atoms with Crippen molar-refractivity contribution in [2.45, 2.75) is 13.8 Å². The smallest absolute Gasteiger partial charge is 0.266 e. The molecule has 3 rings (SSSR count). The Morgan fingerprint density at radius 3 is 2.67 bits per heavy atom. The molecule has 2 aromatic carbocycles. The highest BCUT2D eigenvalue weighted by Gasteiger charge is 2.32. The Kier molecular flexibility index (Phi) is 6.14. The second-order valence-electron chi connectivity index (χ2n) is 5.98. The minimum absolute atomic E-state index is 0.0339. The molecule has 0 N–H and O–H groups in total. The maximum absolute atomic E-state index is 12.9. The van der Waals surface area contributed by atoms with Gasteiger partial charge >= 0.3 is 0 Å². The molecule has 1 heterocycles. The van der Waals surface area contributed by atoms with Crippen LogP contribution in [0.15, 0.2) is 71.1 Å². The van der Waals surface area contributed by atoms with Gasteiger partial charge in [0.1, 0.15) is 12.4 Å². The van der Waals surface area contributed by atoms with Crippen molar-refractivity contribution in [3.63, 3.8) is 0 Å². The van der Waals surface area contributed by atoms with Crippen LogP contribution in [0.4, 0.5) is 5.69 Å². The number of aryl methyl sites for hydroxylation is 1. The van der Waals surface area contributed by atoms with Gasteiger partial charge in [0, 0.05) is 12.1 Å². The third-order valence-electron chi connectivity index (χ3n) is 4.10. The molecule has 0 aliphatic carbocycles. The number of aliphatic imine (C=N–C) groups is 1. The largest absolute Gasteiger partial charge is 0.489 e. The predicted molar refractivity (Wildman–Crippen MR) is 113 cm³/mol. The lowest BCUT2D eigenvalue weighted by Crippen LogP contribution is -2.28. The first-order valence-corrected chi connectivity index (χ1v) is 9.64. The van der Waals surface area contributed by atoms with Crippen LogP contribution in [-0.2, 0) is 4.79 Å². The maximum atomic E-state index is 12.9. The molecular formula is C22H22N2O2S. The second-order valence-corrected chi connectivity index (χ2v) is 6.99. The summed E-state index contributed by atoms with van der Waals surface area (Å²) in [6.07, 6.45) is 3.57. The van der Waals surface area contributed by atoms with Crippen LogP contribution in [0.3, 0.4) is 0 Å². The lowest BCUT2D eigenvalue weighted by molar-refractivity contribution is -0.122. The van der Waals surface area contributed by atoms with E-state index in [0.29, 0.717) is 23.2 Å². The number of thioether (sulfide) groups is 1. The summed E-state index contributed by atoms with van der Waals surface area (Å²) in [6, 6.07) is 15.6. The first kappa shape index (κ1) is 19.0. The van der Waals surface area contributed by atoms with Gasteiger partial charge in [-0.15, -0.1) is 0 Å². The third kappa shape index (κ3) is 4.31. The van der Waals surface area contributed by atoms with Crippen LogP contribution in [0.25, 0.3) is 6.08 Å². The van der Waals surface area contributed by atoms with Crippen LogP contribution >= 0.6 is 11.8 Å². The van der Waals surface area contributed by atoms with Gasteiger partial charge in [0.25, 0.3) is 5.91 Å². The number of carbonyl (C=O) groups excluding carboxylic acids is 1. The molecule has 138 valence electrons. The zero-order chi connectivity index (χ0) is 19.2. The van der Waals surface area contributed by atoms with Crippen molar-refractivity contribution in [1.82, 2.24) is 4.90 Å². The van der Waals surface area contributed by atoms with Crippen LogP contribution in [-0.4, -0.2) is 29.1 Å². The standard InChI is InChI=1S/C22H22N2O2S/c1-4-14-26-19-13-9-7-11-17(19)15-20-21(25)24(5-2)22(27-20)23-18-12-8-6-10-16(18)3/h4,6-13,15H,1,5,14H2,2-3H3/b20-15+,23-22?. The van der Waals surface area contributed by atoms with Crippen molar-refractivity contribution in [3.8, 4) is 5.75 Å². The number of para-hydroxylation sites is 2. The van der Waals surface area contributed by atoms with E-state index in [0.717, 1.165) is 22.6 Å². The molecule has 0 atom stereocenters. The molecule has 4 nitrogen and oxygen atoms in total. The van der Waals surface area contributed by atoms with Crippen molar-refractivity contribution in [2.75, 3.05) is 13.2 Å². The number of benzene rings is 2. The molecule has 0 aromatic heterocycles. The molecule has 1 fully saturated rings. The normalized spacial score (nSPS) is 17.0. The Hall–Kier alpha value is -2.79. The maximum Gasteiger partial charge on any atom is 0.266 e. The molecule has 27 heavy (non-hydrogen) atoms. The van der Waals surface area contributed by atoms with Gasteiger partial charge in [-0.1, -0.05) is 49.1 Å². The average Bonchev–Trinajstić information content (AvgIpc) is 2.97. The number of nitrogens with zero attached hydrogens (tertiary/aromatic N) is 2. The highest BCUT2D eigenvalue weighted by atomic mass is 32.2. The molecule has 1 saturated heterocycles. The quantitative estimate of drug-likeness (QED) is 0.513. The molecule has 0 unspecified atom stereocenters. The van der Waals surface area contributed by atoms with E-state index in [4.69, 9.17) is 9.73 Å². The van der Waals surface area contributed by atoms with E-state index in [2.05, 4.69) is 6.58 Å². The number of hydrogen-bond donors (Lipinski definition) is 0. The van der Waals surface area contributed by atoms with Gasteiger partial charge < -0.3 is 4.74 Å². The Balaban J connectivity index is 1.94. The van der Waals surface area contributed by atoms with Gasteiger partial charge in [-0.3, -0.25) is 9.69 Å². The highest BCUT2D eigenvalue weighted by Crippen LogP contribution is 2.35. The van der Waals surface area contributed by atoms with Crippen LogP contribution in [0.1, 0.15) is 18.1 Å². The van der Waals surface area contributed by atoms with Crippen LogP contribution < -0.4 is 4.74 Å². The SMILES string of the molecule is C=CCOc1ccccc1/C=C1/SC(=Nc2ccccc2C)N(CC)C1=O. The van der Waals surface area contributed by atoms with Gasteiger partial charge in [-0.2, -0.15) is 0 Å². The predicted octanol–water partition coefficient (Wildman–Crippen LogP) is 5.18. The number of amidine groups is 1. The minimum Gasteiger partial charge on any atom is -0.489 e. The molecule has 5 heteroatoms. The van der Waals surface area contributed by atoms with Crippen molar-refractivity contribution < 1.29 is 9.53 Å². The molecule has 1 amide bonds. The molecule has 0 spiro atoms. The summed E-state index contributed by atoms with van der Waals surface area (Å²) in [5.74, 6) is 0.694. The lowest BCUT2D eigenvalue weighted by Gasteiger charge is -2.12. The molecular weight excluding hydrogens is 356 g/mol. The summed E-state index contributed by atoms with van der Waals surface area (Å²) in [5, 5.41) is 0.701. The van der Waals surface area contributed by atoms with Gasteiger partial charge in [0.15, 0.2) is 5.17 Å². The van der Waals surface area contributed by atoms with Gasteiger partial charge in [-0.25, -0.2) is 4.99 Å². The number of hydrogen-bond acceptors (Lipinski definition) is 4. The summed E-state index contributed by atoms with van der Waals surface area (Å²) >= 11 is 1.39. The van der Waals surface area contributed by atoms with Crippen LogP contribution in [0, 0.1) is 6.92 Å². The second kappa shape index (κ2) is 8.73. The Labute approximate surface area is 164 Å². The zero-order valence-corrected chi connectivity index (χ0v) is 16.3. The van der Waals surface area contributed by atoms with E-state index in [1.54, 1.807) is 11.0 Å². The fraction of sp³-hybridized carbons (Fsp3) is 0.182. The van der Waals surface area contributed by atoms with E-state index >= 15 is 0 Å². The summed E-state index contributed by atoms with van der Waals surface area (Å²) in [6.45, 7) is 8.64. The van der Waals surface area contributed by atoms with Crippen molar-refractivity contribution in [3.05, 3.63) is 77.2 Å². The van der Waals surface area contributed by atoms with E-state index in [1.807, 2.05) is 68.5 Å². The molecule has 1 aliphatic rings. The van der Waals surface area contributed by atoms with Gasteiger partial charge in [-0.05, 0) is 49.4 Å². The number of rotatable bonds is 6. The van der Waals surface area contributed by atoms with Crippen LogP contribution in [0.2, 0.25) is 0 Å². The topological polar surface area (TPSA) is 41.9 Å². The first-order chi connectivity index (χ1) is 13.1. The van der Waals surface area contributed by atoms with Crippen LogP contribution in [0.5, 0.6) is 5.75 Å². The fourth-order valence-corrected chi connectivity index (χ4v) is 3.73. The van der Waals surface area contributed by atoms with E-state index in [9.17, 15) is 4.79 Å². The summed E-state index contributed by atoms with van der Waals surface area (Å²) < 4.78 is 5.70. The number of ether oxygens (including phenoxy) is 1. The monoisotopic (exact) mass is 378 g/mol. The highest BCUT2D eigenvalue weighted by molar-refractivity contribution is 8.18. The number of amides is 1. The molecule has 0 bridgehead atoms.